The highest BCUT2D eigenvalue weighted by atomic mass is 19.3. The van der Waals surface area contributed by atoms with E-state index in [-0.39, 0.29) is 12.3 Å². The molecule has 0 aromatic heterocycles. The smallest absolute Gasteiger partial charge is 0.387 e. The lowest BCUT2D eigenvalue weighted by molar-refractivity contribution is -0.0507. The van der Waals surface area contributed by atoms with Crippen molar-refractivity contribution in [1.82, 2.24) is 5.48 Å². The number of para-hydroxylation sites is 1. The van der Waals surface area contributed by atoms with Crippen LogP contribution < -0.4 is 10.2 Å². The van der Waals surface area contributed by atoms with Gasteiger partial charge in [0.25, 0.3) is 0 Å². The molecule has 0 aliphatic carbocycles. The van der Waals surface area contributed by atoms with Crippen molar-refractivity contribution in [3.8, 4) is 5.75 Å². The number of hydrogen-bond acceptors (Lipinski definition) is 3. The molecule has 0 saturated heterocycles. The molecule has 0 heterocycles. The van der Waals surface area contributed by atoms with Crippen LogP contribution in [0.2, 0.25) is 0 Å². The molecule has 72 valence electrons. The van der Waals surface area contributed by atoms with Gasteiger partial charge in [0.05, 0.1) is 0 Å². The van der Waals surface area contributed by atoms with Crippen LogP contribution in [0.25, 0.3) is 0 Å². The van der Waals surface area contributed by atoms with Gasteiger partial charge in [-0.15, -0.1) is 0 Å². The van der Waals surface area contributed by atoms with E-state index in [1.807, 2.05) is 5.48 Å². The zero-order valence-corrected chi connectivity index (χ0v) is 6.71. The van der Waals surface area contributed by atoms with Crippen LogP contribution in [0, 0.1) is 0 Å². The Balaban J connectivity index is 2.78. The normalized spacial score (nSPS) is 10.5. The Morgan fingerprint density at radius 3 is 2.69 bits per heavy atom. The van der Waals surface area contributed by atoms with Gasteiger partial charge in [-0.3, -0.25) is 0 Å². The summed E-state index contributed by atoms with van der Waals surface area (Å²) in [6.07, 6.45) is 0. The summed E-state index contributed by atoms with van der Waals surface area (Å²) in [7, 11) is 0. The standard InChI is InChI=1S/C8H9F2NO2/c9-8(10)13-7-4-2-1-3-6(7)5-11-12/h1-4,8,11-12H,5H2. The highest BCUT2D eigenvalue weighted by molar-refractivity contribution is 5.32. The first-order chi connectivity index (χ1) is 6.24. The van der Waals surface area contributed by atoms with Gasteiger partial charge in [-0.2, -0.15) is 8.78 Å². The summed E-state index contributed by atoms with van der Waals surface area (Å²) in [4.78, 5) is 0. The quantitative estimate of drug-likeness (QED) is 0.709. The Morgan fingerprint density at radius 1 is 1.38 bits per heavy atom. The molecule has 0 aliphatic rings. The van der Waals surface area contributed by atoms with Gasteiger partial charge in [0.2, 0.25) is 0 Å². The molecule has 13 heavy (non-hydrogen) atoms. The van der Waals surface area contributed by atoms with Crippen LogP contribution in [-0.4, -0.2) is 11.8 Å². The number of benzene rings is 1. The van der Waals surface area contributed by atoms with Crippen LogP contribution in [0.15, 0.2) is 24.3 Å². The number of alkyl halides is 2. The van der Waals surface area contributed by atoms with Gasteiger partial charge in [0.15, 0.2) is 0 Å². The third-order valence-electron chi connectivity index (χ3n) is 1.46. The Labute approximate surface area is 73.9 Å². The molecule has 1 rings (SSSR count). The summed E-state index contributed by atoms with van der Waals surface area (Å²) in [5.41, 5.74) is 2.35. The van der Waals surface area contributed by atoms with Crippen molar-refractivity contribution in [3.63, 3.8) is 0 Å². The van der Waals surface area contributed by atoms with E-state index < -0.39 is 6.61 Å². The summed E-state index contributed by atoms with van der Waals surface area (Å²) >= 11 is 0. The minimum absolute atomic E-state index is 0.0686. The van der Waals surface area contributed by atoms with E-state index in [0.717, 1.165) is 0 Å². The van der Waals surface area contributed by atoms with E-state index in [2.05, 4.69) is 4.74 Å². The zero-order valence-electron chi connectivity index (χ0n) is 6.71. The van der Waals surface area contributed by atoms with Crippen LogP contribution in [0.5, 0.6) is 5.75 Å². The summed E-state index contributed by atoms with van der Waals surface area (Å²) < 4.78 is 27.9. The van der Waals surface area contributed by atoms with E-state index in [1.54, 1.807) is 18.2 Å². The van der Waals surface area contributed by atoms with Crippen LogP contribution in [0.4, 0.5) is 8.78 Å². The first-order valence-corrected chi connectivity index (χ1v) is 3.63. The molecule has 1 aromatic rings. The molecule has 3 nitrogen and oxygen atoms in total. The Bertz CT molecular complexity index is 268. The van der Waals surface area contributed by atoms with Gasteiger partial charge >= 0.3 is 6.61 Å². The van der Waals surface area contributed by atoms with Crippen LogP contribution in [0.3, 0.4) is 0 Å². The highest BCUT2D eigenvalue weighted by Gasteiger charge is 2.07. The fraction of sp³-hybridized carbons (Fsp3) is 0.250. The fourth-order valence-electron chi connectivity index (χ4n) is 0.946. The largest absolute Gasteiger partial charge is 0.434 e. The van der Waals surface area contributed by atoms with Gasteiger partial charge in [0.1, 0.15) is 5.75 Å². The maximum atomic E-state index is 11.8. The molecule has 0 amide bonds. The van der Waals surface area contributed by atoms with Crippen LogP contribution >= 0.6 is 0 Å². The number of rotatable bonds is 4. The fourth-order valence-corrected chi connectivity index (χ4v) is 0.946. The molecule has 5 heteroatoms. The van der Waals surface area contributed by atoms with Gasteiger partial charge in [-0.1, -0.05) is 18.2 Å². The lowest BCUT2D eigenvalue weighted by atomic mass is 10.2. The van der Waals surface area contributed by atoms with Gasteiger partial charge < -0.3 is 9.94 Å². The first-order valence-electron chi connectivity index (χ1n) is 3.63. The lowest BCUT2D eigenvalue weighted by Crippen LogP contribution is -2.10. The molecule has 0 spiro atoms. The molecular weight excluding hydrogens is 180 g/mol. The number of hydroxylamine groups is 1. The number of ether oxygens (including phenoxy) is 1. The number of hydrogen-bond donors (Lipinski definition) is 2. The van der Waals surface area contributed by atoms with Crippen molar-refractivity contribution in [1.29, 1.82) is 0 Å². The summed E-state index contributed by atoms with van der Waals surface area (Å²) in [5.74, 6) is 0.0686. The van der Waals surface area contributed by atoms with Crippen LogP contribution in [-0.2, 0) is 6.54 Å². The third-order valence-corrected chi connectivity index (χ3v) is 1.46. The van der Waals surface area contributed by atoms with Crippen LogP contribution in [0.1, 0.15) is 5.56 Å². The topological polar surface area (TPSA) is 41.5 Å². The SMILES string of the molecule is ONCc1ccccc1OC(F)F. The predicted molar refractivity (Wildman–Crippen MR) is 41.7 cm³/mol. The van der Waals surface area contributed by atoms with E-state index in [1.165, 1.54) is 6.07 Å². The Hall–Kier alpha value is -1.20. The van der Waals surface area contributed by atoms with E-state index in [4.69, 9.17) is 5.21 Å². The second kappa shape index (κ2) is 4.74. The summed E-state index contributed by atoms with van der Waals surface area (Å²) in [6.45, 7) is -2.78. The van der Waals surface area contributed by atoms with Gasteiger partial charge in [0, 0.05) is 12.1 Å². The molecule has 0 bridgehead atoms. The number of halogens is 2. The number of nitrogens with one attached hydrogen (secondary N) is 1. The van der Waals surface area contributed by atoms with Crippen molar-refractivity contribution in [2.75, 3.05) is 0 Å². The average molecular weight is 189 g/mol. The average Bonchev–Trinajstić information content (AvgIpc) is 2.08. The maximum Gasteiger partial charge on any atom is 0.387 e. The Kier molecular flexibility index (Phi) is 3.60. The first kappa shape index (κ1) is 9.88. The van der Waals surface area contributed by atoms with Crippen molar-refractivity contribution >= 4 is 0 Å². The molecule has 0 aliphatic heterocycles. The molecule has 0 atom stereocenters. The Morgan fingerprint density at radius 2 is 2.08 bits per heavy atom. The second-order valence-electron chi connectivity index (χ2n) is 2.32. The maximum absolute atomic E-state index is 11.8. The summed E-state index contributed by atoms with van der Waals surface area (Å²) in [5, 5.41) is 8.39. The summed E-state index contributed by atoms with van der Waals surface area (Å²) in [6, 6.07) is 6.25. The molecule has 0 unspecified atom stereocenters. The van der Waals surface area contributed by atoms with Gasteiger partial charge in [-0.25, -0.2) is 5.48 Å². The molecule has 0 saturated carbocycles. The lowest BCUT2D eigenvalue weighted by Gasteiger charge is -2.08. The van der Waals surface area contributed by atoms with Gasteiger partial charge in [-0.05, 0) is 6.07 Å². The molecule has 2 N–H and O–H groups in total. The predicted octanol–water partition coefficient (Wildman–Crippen LogP) is 1.77. The van der Waals surface area contributed by atoms with E-state index >= 15 is 0 Å². The second-order valence-corrected chi connectivity index (χ2v) is 2.32. The van der Waals surface area contributed by atoms with Crippen molar-refractivity contribution in [3.05, 3.63) is 29.8 Å². The van der Waals surface area contributed by atoms with Crippen molar-refractivity contribution in [2.24, 2.45) is 0 Å². The van der Waals surface area contributed by atoms with E-state index in [9.17, 15) is 8.78 Å². The minimum Gasteiger partial charge on any atom is -0.434 e. The molecular formula is C8H9F2NO2. The monoisotopic (exact) mass is 189 g/mol. The van der Waals surface area contributed by atoms with Crippen molar-refractivity contribution < 1.29 is 18.7 Å². The highest BCUT2D eigenvalue weighted by Crippen LogP contribution is 2.19. The third kappa shape index (κ3) is 2.96. The molecule has 1 aromatic carbocycles. The minimum atomic E-state index is -2.85. The van der Waals surface area contributed by atoms with Crippen molar-refractivity contribution in [2.45, 2.75) is 13.2 Å². The molecule has 0 radical (unpaired) electrons. The zero-order chi connectivity index (χ0) is 9.68. The molecule has 0 fully saturated rings. The van der Waals surface area contributed by atoms with E-state index in [0.29, 0.717) is 5.56 Å².